The van der Waals surface area contributed by atoms with Crippen LogP contribution in [0.3, 0.4) is 0 Å². The summed E-state index contributed by atoms with van der Waals surface area (Å²) in [6.45, 7) is 3.84. The summed E-state index contributed by atoms with van der Waals surface area (Å²) in [6, 6.07) is 18.9. The van der Waals surface area contributed by atoms with E-state index in [1.807, 2.05) is 23.1 Å². The van der Waals surface area contributed by atoms with Crippen molar-refractivity contribution < 1.29 is 22.7 Å². The quantitative estimate of drug-likeness (QED) is 0.456. The molecule has 2 aliphatic heterocycles. The lowest BCUT2D eigenvalue weighted by molar-refractivity contribution is 0.0628. The van der Waals surface area contributed by atoms with E-state index in [0.29, 0.717) is 24.3 Å². The Labute approximate surface area is 224 Å². The Hall–Kier alpha value is -2.79. The summed E-state index contributed by atoms with van der Waals surface area (Å²) in [6.07, 6.45) is 0. The average molecular weight is 595 g/mol. The first kappa shape index (κ1) is 26.3. The Morgan fingerprint density at radius 3 is 2.25 bits per heavy atom. The third kappa shape index (κ3) is 5.95. The number of hydrogen-bond donors (Lipinski definition) is 1. The minimum absolute atomic E-state index is 0. The van der Waals surface area contributed by atoms with Crippen LogP contribution in [0.15, 0.2) is 76.1 Å². The van der Waals surface area contributed by atoms with Crippen LogP contribution in [-0.2, 0) is 16.6 Å². The molecule has 1 N–H and O–H groups in total. The van der Waals surface area contributed by atoms with E-state index in [1.165, 1.54) is 12.1 Å². The molecular formula is C25H25BrClN3O5S. The van der Waals surface area contributed by atoms with E-state index in [2.05, 4.69) is 25.6 Å². The van der Waals surface area contributed by atoms with Crippen LogP contribution in [0.4, 0.5) is 5.69 Å². The van der Waals surface area contributed by atoms with Crippen LogP contribution < -0.4 is 14.2 Å². The Morgan fingerprint density at radius 1 is 0.889 bits per heavy atom. The Kier molecular flexibility index (Phi) is 8.09. The van der Waals surface area contributed by atoms with Crippen LogP contribution in [-0.4, -0.2) is 57.1 Å². The number of anilines is 1. The molecular weight excluding hydrogens is 570 g/mol. The van der Waals surface area contributed by atoms with Gasteiger partial charge in [0.05, 0.1) is 4.90 Å². The first-order chi connectivity index (χ1) is 16.9. The highest BCUT2D eigenvalue weighted by Gasteiger charge is 2.23. The van der Waals surface area contributed by atoms with Crippen molar-refractivity contribution in [3.8, 4) is 11.5 Å². The highest BCUT2D eigenvalue weighted by Crippen LogP contribution is 2.33. The van der Waals surface area contributed by atoms with Crippen LogP contribution in [0.2, 0.25) is 0 Å². The monoisotopic (exact) mass is 593 g/mol. The largest absolute Gasteiger partial charge is 0.454 e. The van der Waals surface area contributed by atoms with Crippen LogP contribution in [0.25, 0.3) is 0 Å². The first-order valence-corrected chi connectivity index (χ1v) is 13.4. The van der Waals surface area contributed by atoms with Gasteiger partial charge in [-0.1, -0.05) is 22.0 Å². The van der Waals surface area contributed by atoms with Gasteiger partial charge in [-0.2, -0.15) is 0 Å². The van der Waals surface area contributed by atoms with Crippen molar-refractivity contribution in [3.05, 3.63) is 82.3 Å². The molecule has 11 heteroatoms. The highest BCUT2D eigenvalue weighted by atomic mass is 79.9. The number of hydrogen-bond acceptors (Lipinski definition) is 6. The molecule has 0 radical (unpaired) electrons. The molecule has 0 atom stereocenters. The van der Waals surface area contributed by atoms with E-state index >= 15 is 0 Å². The maximum atomic E-state index is 13.0. The molecule has 0 unspecified atom stereocenters. The van der Waals surface area contributed by atoms with Gasteiger partial charge in [-0.05, 0) is 66.2 Å². The van der Waals surface area contributed by atoms with Gasteiger partial charge in [-0.15, -0.1) is 12.4 Å². The highest BCUT2D eigenvalue weighted by molar-refractivity contribution is 9.10. The predicted molar refractivity (Wildman–Crippen MR) is 142 cm³/mol. The van der Waals surface area contributed by atoms with Crippen molar-refractivity contribution in [1.29, 1.82) is 0 Å². The van der Waals surface area contributed by atoms with Gasteiger partial charge in [0.1, 0.15) is 0 Å². The van der Waals surface area contributed by atoms with Gasteiger partial charge in [-0.25, -0.2) is 8.42 Å². The van der Waals surface area contributed by atoms with Crippen molar-refractivity contribution in [1.82, 2.24) is 9.80 Å². The van der Waals surface area contributed by atoms with E-state index in [4.69, 9.17) is 9.47 Å². The van der Waals surface area contributed by atoms with E-state index in [1.54, 1.807) is 36.4 Å². The molecule has 3 aromatic carbocycles. The maximum absolute atomic E-state index is 13.0. The minimum atomic E-state index is -3.71. The lowest BCUT2D eigenvalue weighted by Gasteiger charge is -2.34. The van der Waals surface area contributed by atoms with Gasteiger partial charge in [0.15, 0.2) is 11.5 Å². The molecule has 0 saturated carbocycles. The molecule has 0 aromatic heterocycles. The zero-order valence-electron chi connectivity index (χ0n) is 19.2. The minimum Gasteiger partial charge on any atom is -0.454 e. The molecule has 0 aliphatic carbocycles. The van der Waals surface area contributed by atoms with Gasteiger partial charge in [0.25, 0.3) is 15.9 Å². The molecule has 1 amide bonds. The predicted octanol–water partition coefficient (Wildman–Crippen LogP) is 4.36. The lowest BCUT2D eigenvalue weighted by atomic mass is 10.1. The number of halogens is 2. The number of sulfonamides is 1. The third-order valence-electron chi connectivity index (χ3n) is 6.01. The molecule has 5 rings (SSSR count). The normalized spacial score (nSPS) is 15.3. The topological polar surface area (TPSA) is 88.2 Å². The molecule has 8 nitrogen and oxygen atoms in total. The summed E-state index contributed by atoms with van der Waals surface area (Å²) in [7, 11) is -3.71. The number of carbonyl (C=O) groups excluding carboxylic acids is 1. The third-order valence-corrected chi connectivity index (χ3v) is 7.94. The summed E-state index contributed by atoms with van der Waals surface area (Å²) in [4.78, 5) is 17.3. The summed E-state index contributed by atoms with van der Waals surface area (Å²) in [5.41, 5.74) is 2.08. The summed E-state index contributed by atoms with van der Waals surface area (Å²) < 4.78 is 39.3. The average Bonchev–Trinajstić information content (AvgIpc) is 3.33. The number of fused-ring (bicyclic) bond motifs is 1. The SMILES string of the molecule is Cl.O=C(c1ccc(NS(=O)(=O)c2ccc(Br)cc2)cc1)N1CCN(Cc2ccc3c(c2)OCO3)CC1. The summed E-state index contributed by atoms with van der Waals surface area (Å²) >= 11 is 3.30. The van der Waals surface area contributed by atoms with Gasteiger partial charge < -0.3 is 14.4 Å². The first-order valence-electron chi connectivity index (χ1n) is 11.2. The molecule has 1 fully saturated rings. The van der Waals surface area contributed by atoms with Crippen molar-refractivity contribution in [2.24, 2.45) is 0 Å². The fraction of sp³-hybridized carbons (Fsp3) is 0.240. The number of nitrogens with zero attached hydrogens (tertiary/aromatic N) is 2. The Bertz CT molecular complexity index is 1330. The smallest absolute Gasteiger partial charge is 0.261 e. The van der Waals surface area contributed by atoms with Crippen LogP contribution >= 0.6 is 28.3 Å². The maximum Gasteiger partial charge on any atom is 0.261 e. The fourth-order valence-corrected chi connectivity index (χ4v) is 5.42. The molecule has 2 aliphatic rings. The van der Waals surface area contributed by atoms with Gasteiger partial charge in [0, 0.05) is 48.4 Å². The van der Waals surface area contributed by atoms with Crippen LogP contribution in [0.5, 0.6) is 11.5 Å². The van der Waals surface area contributed by atoms with Crippen LogP contribution in [0, 0.1) is 0 Å². The summed E-state index contributed by atoms with van der Waals surface area (Å²) in [5, 5.41) is 0. The molecule has 36 heavy (non-hydrogen) atoms. The second-order valence-corrected chi connectivity index (χ2v) is 11.0. The molecule has 3 aromatic rings. The second-order valence-electron chi connectivity index (χ2n) is 8.39. The standard InChI is InChI=1S/C25H24BrN3O5S.ClH/c26-20-4-8-22(9-5-20)35(31,32)27-21-6-2-19(3-7-21)25(30)29-13-11-28(12-14-29)16-18-1-10-23-24(15-18)34-17-33-23;/h1-10,15,27H,11-14,16-17H2;1H. The zero-order chi connectivity index (χ0) is 24.4. The number of ether oxygens (including phenoxy) is 2. The van der Waals surface area contributed by atoms with Gasteiger partial charge in [0.2, 0.25) is 6.79 Å². The number of amides is 1. The summed E-state index contributed by atoms with van der Waals surface area (Å²) in [5.74, 6) is 1.49. The number of benzene rings is 3. The molecule has 0 bridgehead atoms. The van der Waals surface area contributed by atoms with E-state index in [9.17, 15) is 13.2 Å². The molecule has 0 spiro atoms. The van der Waals surface area contributed by atoms with Crippen molar-refractivity contribution in [2.45, 2.75) is 11.4 Å². The van der Waals surface area contributed by atoms with Crippen LogP contribution in [0.1, 0.15) is 15.9 Å². The molecule has 190 valence electrons. The number of carbonyl (C=O) groups is 1. The second kappa shape index (κ2) is 11.1. The van der Waals surface area contributed by atoms with E-state index < -0.39 is 10.0 Å². The van der Waals surface area contributed by atoms with Gasteiger partial charge in [-0.3, -0.25) is 14.4 Å². The van der Waals surface area contributed by atoms with E-state index in [0.717, 1.165) is 41.2 Å². The number of nitrogens with one attached hydrogen (secondary N) is 1. The van der Waals surface area contributed by atoms with Crippen molar-refractivity contribution >= 4 is 50.0 Å². The van der Waals surface area contributed by atoms with Crippen molar-refractivity contribution in [3.63, 3.8) is 0 Å². The Morgan fingerprint density at radius 2 is 1.56 bits per heavy atom. The lowest BCUT2D eigenvalue weighted by Crippen LogP contribution is -2.48. The van der Waals surface area contributed by atoms with Crippen molar-refractivity contribution in [2.75, 3.05) is 37.7 Å². The van der Waals surface area contributed by atoms with E-state index in [-0.39, 0.29) is 30.0 Å². The molecule has 2 heterocycles. The Balaban J connectivity index is 0.00000304. The molecule has 1 saturated heterocycles. The number of rotatable bonds is 6. The van der Waals surface area contributed by atoms with Gasteiger partial charge >= 0.3 is 0 Å². The fourth-order valence-electron chi connectivity index (χ4n) is 4.10. The zero-order valence-corrected chi connectivity index (χ0v) is 22.4. The number of piperazine rings is 1.